The molecule has 0 saturated carbocycles. The molecule has 8 N–H and O–H groups in total. The van der Waals surface area contributed by atoms with E-state index in [0.29, 0.717) is 38.6 Å². The van der Waals surface area contributed by atoms with Gasteiger partial charge in [-0.25, -0.2) is 4.79 Å². The molecule has 1 saturated heterocycles. The van der Waals surface area contributed by atoms with Crippen molar-refractivity contribution in [3.63, 3.8) is 0 Å². The van der Waals surface area contributed by atoms with E-state index in [9.17, 15) is 28.8 Å². The molecule has 1 fully saturated rings. The number of ether oxygens (including phenoxy) is 1. The molecule has 0 aromatic rings. The maximum atomic E-state index is 13.3. The maximum absolute atomic E-state index is 13.3. The Hall–Kier alpha value is -3.26. The Morgan fingerprint density at radius 1 is 1.00 bits per heavy atom. The second-order valence-electron chi connectivity index (χ2n) is 10.6. The number of hydrogen-bond acceptors (Lipinski definition) is 9. The fourth-order valence-corrected chi connectivity index (χ4v) is 4.10. The third kappa shape index (κ3) is 12.0. The quantitative estimate of drug-likeness (QED) is 0.140. The normalized spacial score (nSPS) is 17.5. The Morgan fingerprint density at radius 2 is 1.67 bits per heavy atom. The minimum absolute atomic E-state index is 0.197. The van der Waals surface area contributed by atoms with Crippen molar-refractivity contribution in [1.29, 1.82) is 0 Å². The van der Waals surface area contributed by atoms with Gasteiger partial charge in [-0.15, -0.1) is 0 Å². The third-order valence-electron chi connectivity index (χ3n) is 6.08. The van der Waals surface area contributed by atoms with Crippen molar-refractivity contribution in [3.8, 4) is 0 Å². The summed E-state index contributed by atoms with van der Waals surface area (Å²) >= 11 is 0. The number of nitrogens with one attached hydrogen (secondary N) is 3. The van der Waals surface area contributed by atoms with Crippen molar-refractivity contribution in [2.45, 2.75) is 102 Å². The first kappa shape index (κ1) is 33.8. The minimum Gasteiger partial charge on any atom is -0.481 e. The number of aliphatic carboxylic acids is 1. The number of nitrogens with two attached hydrogens (primary N) is 2. The van der Waals surface area contributed by atoms with Crippen LogP contribution >= 0.6 is 0 Å². The molecular weight excluding hydrogens is 512 g/mol. The smallest absolute Gasteiger partial charge is 0.408 e. The first-order valence-corrected chi connectivity index (χ1v) is 13.3. The predicted molar refractivity (Wildman–Crippen MR) is 141 cm³/mol. The number of Topliss-reactive ketones (excluding diaryl/α,β-unsaturated/α-hetero) is 1. The lowest BCUT2D eigenvalue weighted by Gasteiger charge is -2.30. The second kappa shape index (κ2) is 16.0. The fraction of sp³-hybridized carbons (Fsp3) is 0.760. The molecule has 1 aliphatic rings. The topological polar surface area (TPSA) is 223 Å². The van der Waals surface area contributed by atoms with E-state index in [2.05, 4.69) is 16.0 Å². The van der Waals surface area contributed by atoms with Crippen LogP contribution in [0.15, 0.2) is 0 Å². The lowest BCUT2D eigenvalue weighted by atomic mass is 10.0. The number of unbranched alkanes of at least 4 members (excludes halogenated alkanes) is 1. The van der Waals surface area contributed by atoms with Gasteiger partial charge in [0.25, 0.3) is 0 Å². The van der Waals surface area contributed by atoms with Crippen LogP contribution in [0, 0.1) is 0 Å². The van der Waals surface area contributed by atoms with Crippen molar-refractivity contribution in [2.24, 2.45) is 11.5 Å². The van der Waals surface area contributed by atoms with Gasteiger partial charge in [0.1, 0.15) is 23.7 Å². The summed E-state index contributed by atoms with van der Waals surface area (Å²) in [6, 6.07) is -3.96. The molecule has 14 heteroatoms. The Labute approximate surface area is 228 Å². The Morgan fingerprint density at radius 3 is 2.23 bits per heavy atom. The molecule has 1 heterocycles. The van der Waals surface area contributed by atoms with E-state index in [4.69, 9.17) is 21.3 Å². The number of nitrogens with zero attached hydrogens (tertiary/aromatic N) is 1. The van der Waals surface area contributed by atoms with E-state index < -0.39 is 59.6 Å². The molecule has 14 nitrogen and oxygen atoms in total. The number of hydrogen-bond donors (Lipinski definition) is 6. The zero-order valence-electron chi connectivity index (χ0n) is 23.3. The van der Waals surface area contributed by atoms with Gasteiger partial charge in [-0.3, -0.25) is 24.0 Å². The van der Waals surface area contributed by atoms with E-state index in [-0.39, 0.29) is 31.7 Å². The number of ketones is 1. The van der Waals surface area contributed by atoms with Crippen LogP contribution in [0.5, 0.6) is 0 Å². The second-order valence-corrected chi connectivity index (χ2v) is 10.6. The number of carboxylic acid groups (broad SMARTS) is 1. The molecule has 0 bridgehead atoms. The van der Waals surface area contributed by atoms with Gasteiger partial charge in [0.15, 0.2) is 5.78 Å². The number of carbonyl (C=O) groups excluding carboxylic acids is 5. The SMILES string of the molecule is C[C@H](NC(=O)[C@@H]1CCCN1C(=O)[C@@H](CCC(=O)O)NC(=O)OC(C)(C)C)C(=O)N[C@@H](CCCCN)C(=O)CN. The molecule has 0 unspecified atom stereocenters. The fourth-order valence-electron chi connectivity index (χ4n) is 4.10. The van der Waals surface area contributed by atoms with E-state index in [0.717, 1.165) is 0 Å². The van der Waals surface area contributed by atoms with Crippen molar-refractivity contribution in [1.82, 2.24) is 20.9 Å². The van der Waals surface area contributed by atoms with Crippen LogP contribution in [-0.4, -0.2) is 95.0 Å². The van der Waals surface area contributed by atoms with Crippen molar-refractivity contribution in [2.75, 3.05) is 19.6 Å². The molecule has 4 amide bonds. The van der Waals surface area contributed by atoms with E-state index in [1.165, 1.54) is 11.8 Å². The van der Waals surface area contributed by atoms with Crippen LogP contribution in [0.2, 0.25) is 0 Å². The minimum atomic E-state index is -1.22. The van der Waals surface area contributed by atoms with E-state index in [1.807, 2.05) is 0 Å². The van der Waals surface area contributed by atoms with Gasteiger partial charge in [-0.05, 0) is 72.8 Å². The van der Waals surface area contributed by atoms with Crippen LogP contribution < -0.4 is 27.4 Å². The summed E-state index contributed by atoms with van der Waals surface area (Å²) in [6.07, 6.45) is 1.01. The number of rotatable bonds is 15. The number of amides is 4. The molecule has 0 aromatic heterocycles. The average Bonchev–Trinajstić information content (AvgIpc) is 3.34. The summed E-state index contributed by atoms with van der Waals surface area (Å²) in [5.74, 6) is -3.27. The summed E-state index contributed by atoms with van der Waals surface area (Å²) < 4.78 is 5.20. The molecule has 0 aliphatic carbocycles. The predicted octanol–water partition coefficient (Wildman–Crippen LogP) is -0.618. The van der Waals surface area contributed by atoms with Gasteiger partial charge in [-0.1, -0.05) is 0 Å². The highest BCUT2D eigenvalue weighted by atomic mass is 16.6. The number of alkyl carbamates (subject to hydrolysis) is 1. The van der Waals surface area contributed by atoms with E-state index in [1.54, 1.807) is 20.8 Å². The molecule has 39 heavy (non-hydrogen) atoms. The molecule has 0 radical (unpaired) electrons. The molecule has 4 atom stereocenters. The highest BCUT2D eigenvalue weighted by molar-refractivity contribution is 5.96. The first-order chi connectivity index (χ1) is 18.2. The van der Waals surface area contributed by atoms with E-state index >= 15 is 0 Å². The summed E-state index contributed by atoms with van der Waals surface area (Å²) in [7, 11) is 0. The van der Waals surface area contributed by atoms with Crippen molar-refractivity contribution < 1.29 is 38.6 Å². The van der Waals surface area contributed by atoms with Crippen LogP contribution in [-0.2, 0) is 28.7 Å². The monoisotopic (exact) mass is 556 g/mol. The maximum Gasteiger partial charge on any atom is 0.408 e. The van der Waals surface area contributed by atoms with Gasteiger partial charge in [0.2, 0.25) is 17.7 Å². The molecule has 222 valence electrons. The van der Waals surface area contributed by atoms with Crippen LogP contribution in [0.4, 0.5) is 4.79 Å². The summed E-state index contributed by atoms with van der Waals surface area (Å²) in [4.78, 5) is 76.0. The molecule has 0 spiro atoms. The zero-order chi connectivity index (χ0) is 29.8. The van der Waals surface area contributed by atoms with Gasteiger partial charge >= 0.3 is 12.1 Å². The number of likely N-dealkylation sites (tertiary alicyclic amines) is 1. The van der Waals surface area contributed by atoms with Crippen LogP contribution in [0.1, 0.15) is 72.6 Å². The lowest BCUT2D eigenvalue weighted by molar-refractivity contribution is -0.142. The molecule has 1 rings (SSSR count). The molecular formula is C25H44N6O8. The summed E-state index contributed by atoms with van der Waals surface area (Å²) in [5.41, 5.74) is 10.1. The van der Waals surface area contributed by atoms with Gasteiger partial charge in [0.05, 0.1) is 12.6 Å². The van der Waals surface area contributed by atoms with Gasteiger partial charge in [-0.2, -0.15) is 0 Å². The average molecular weight is 557 g/mol. The van der Waals surface area contributed by atoms with Crippen molar-refractivity contribution in [3.05, 3.63) is 0 Å². The summed E-state index contributed by atoms with van der Waals surface area (Å²) in [6.45, 7) is 6.81. The Balaban J connectivity index is 2.89. The zero-order valence-corrected chi connectivity index (χ0v) is 23.3. The van der Waals surface area contributed by atoms with Gasteiger partial charge < -0.3 is 42.2 Å². The van der Waals surface area contributed by atoms with Crippen molar-refractivity contribution >= 4 is 35.6 Å². The first-order valence-electron chi connectivity index (χ1n) is 13.3. The third-order valence-corrected chi connectivity index (χ3v) is 6.08. The summed E-state index contributed by atoms with van der Waals surface area (Å²) in [5, 5.41) is 16.7. The highest BCUT2D eigenvalue weighted by Gasteiger charge is 2.39. The number of carbonyl (C=O) groups is 6. The lowest BCUT2D eigenvalue weighted by Crippen LogP contribution is -2.57. The standard InChI is InChI=1S/C25H44N6O8/c1-15(21(35)29-16(19(32)14-27)8-5-6-12-26)28-22(36)18-9-7-13-31(18)23(37)17(10-11-20(33)34)30-24(38)39-25(2,3)4/h15-18H,5-14,26-27H2,1-4H3,(H,28,36)(H,29,35)(H,30,38)(H,33,34)/t15-,16-,17+,18-/m0/s1. The Kier molecular flexibility index (Phi) is 13.8. The van der Waals surface area contributed by atoms with Gasteiger partial charge in [0, 0.05) is 13.0 Å². The molecule has 0 aromatic carbocycles. The highest BCUT2D eigenvalue weighted by Crippen LogP contribution is 2.20. The molecule has 1 aliphatic heterocycles. The number of carboxylic acids is 1. The largest absolute Gasteiger partial charge is 0.481 e. The van der Waals surface area contributed by atoms with Crippen LogP contribution in [0.3, 0.4) is 0 Å². The van der Waals surface area contributed by atoms with Crippen LogP contribution in [0.25, 0.3) is 0 Å². The Bertz CT molecular complexity index is 890.